The van der Waals surface area contributed by atoms with Crippen molar-refractivity contribution in [1.82, 2.24) is 0 Å². The first-order valence-electron chi connectivity index (χ1n) is 11.4. The summed E-state index contributed by atoms with van der Waals surface area (Å²) in [4.78, 5) is 41.7. The molecule has 1 amide bonds. The number of methoxy groups -OCH3 is 3. The van der Waals surface area contributed by atoms with E-state index in [0.29, 0.717) is 46.4 Å². The summed E-state index contributed by atoms with van der Waals surface area (Å²) in [7, 11) is 4.55. The number of carbonyl (C=O) groups excluding carboxylic acids is 3. The normalized spacial score (nSPS) is 17.2. The highest BCUT2D eigenvalue weighted by Gasteiger charge is 2.52. The van der Waals surface area contributed by atoms with Crippen LogP contribution in [-0.2, 0) is 9.59 Å². The van der Waals surface area contributed by atoms with Crippen molar-refractivity contribution in [3.63, 3.8) is 0 Å². The average molecular weight is 490 g/mol. The molecule has 8 heteroatoms. The highest BCUT2D eigenvalue weighted by molar-refractivity contribution is 6.49. The molecular weight excluding hydrogens is 462 g/mol. The number of anilines is 1. The minimum atomic E-state index is -1.25. The van der Waals surface area contributed by atoms with Gasteiger partial charge in [-0.1, -0.05) is 6.07 Å². The topological polar surface area (TPSA) is 91.4 Å². The third-order valence-corrected chi connectivity index (χ3v) is 6.14. The molecule has 0 spiro atoms. The molecule has 0 radical (unpaired) electrons. The van der Waals surface area contributed by atoms with E-state index in [4.69, 9.17) is 18.9 Å². The molecule has 0 aromatic heterocycles. The summed E-state index contributed by atoms with van der Waals surface area (Å²) in [6.07, 6.45) is 0. The van der Waals surface area contributed by atoms with Gasteiger partial charge in [-0.05, 0) is 73.2 Å². The van der Waals surface area contributed by atoms with Crippen molar-refractivity contribution in [1.29, 1.82) is 0 Å². The number of nitrogens with zero attached hydrogens (tertiary/aromatic N) is 1. The number of amides is 1. The summed E-state index contributed by atoms with van der Waals surface area (Å²) in [6, 6.07) is 17.5. The quantitative estimate of drug-likeness (QED) is 0.252. The molecule has 36 heavy (non-hydrogen) atoms. The smallest absolute Gasteiger partial charge is 0.295 e. The van der Waals surface area contributed by atoms with E-state index in [0.717, 1.165) is 0 Å². The summed E-state index contributed by atoms with van der Waals surface area (Å²) in [5.74, 6) is -1.12. The molecule has 1 fully saturated rings. The van der Waals surface area contributed by atoms with Crippen LogP contribution in [0.15, 0.2) is 66.7 Å². The standard InChI is InChI=1S/C28H27NO7/c1-5-36-21-11-6-17(7-12-21)26(30)24-25(18-8-15-22(34-3)23(16-18)35-4)29(28(32)27(24)31)19-9-13-20(33-2)14-10-19/h6-16,24-25H,5H2,1-4H3. The van der Waals surface area contributed by atoms with Crippen LogP contribution in [-0.4, -0.2) is 45.4 Å². The Kier molecular flexibility index (Phi) is 7.24. The summed E-state index contributed by atoms with van der Waals surface area (Å²) in [5.41, 5.74) is 1.34. The first-order chi connectivity index (χ1) is 17.4. The van der Waals surface area contributed by atoms with E-state index in [1.54, 1.807) is 66.7 Å². The van der Waals surface area contributed by atoms with Crippen LogP contribution < -0.4 is 23.8 Å². The largest absolute Gasteiger partial charge is 0.497 e. The Balaban J connectivity index is 1.83. The average Bonchev–Trinajstić information content (AvgIpc) is 3.18. The molecule has 1 saturated heterocycles. The second-order valence-electron chi connectivity index (χ2n) is 8.10. The van der Waals surface area contributed by atoms with Crippen LogP contribution in [0.2, 0.25) is 0 Å². The molecule has 3 aromatic carbocycles. The zero-order valence-electron chi connectivity index (χ0n) is 20.5. The lowest BCUT2D eigenvalue weighted by atomic mass is 9.86. The van der Waals surface area contributed by atoms with Crippen LogP contribution in [0.3, 0.4) is 0 Å². The number of rotatable bonds is 9. The first-order valence-corrected chi connectivity index (χ1v) is 11.4. The molecule has 186 valence electrons. The fraction of sp³-hybridized carbons (Fsp3) is 0.250. The van der Waals surface area contributed by atoms with Crippen molar-refractivity contribution < 1.29 is 33.3 Å². The zero-order chi connectivity index (χ0) is 25.8. The van der Waals surface area contributed by atoms with Gasteiger partial charge in [-0.2, -0.15) is 0 Å². The van der Waals surface area contributed by atoms with Gasteiger partial charge in [0.15, 0.2) is 17.3 Å². The van der Waals surface area contributed by atoms with Crippen molar-refractivity contribution in [3.05, 3.63) is 77.9 Å². The summed E-state index contributed by atoms with van der Waals surface area (Å²) >= 11 is 0. The maximum atomic E-state index is 13.7. The van der Waals surface area contributed by atoms with Gasteiger partial charge in [-0.15, -0.1) is 0 Å². The monoisotopic (exact) mass is 489 g/mol. The molecule has 1 heterocycles. The van der Waals surface area contributed by atoms with Gasteiger partial charge in [0.2, 0.25) is 5.78 Å². The molecule has 0 aliphatic carbocycles. The minimum absolute atomic E-state index is 0.312. The number of hydrogen-bond donors (Lipinski definition) is 0. The first kappa shape index (κ1) is 24.8. The second-order valence-corrected chi connectivity index (χ2v) is 8.10. The fourth-order valence-electron chi connectivity index (χ4n) is 4.39. The van der Waals surface area contributed by atoms with E-state index in [2.05, 4.69) is 0 Å². The second kappa shape index (κ2) is 10.5. The molecule has 3 aromatic rings. The Labute approximate surface area is 209 Å². The van der Waals surface area contributed by atoms with Crippen LogP contribution in [0.4, 0.5) is 5.69 Å². The Morgan fingerprint density at radius 2 is 1.44 bits per heavy atom. The highest BCUT2D eigenvalue weighted by atomic mass is 16.5. The lowest BCUT2D eigenvalue weighted by molar-refractivity contribution is -0.135. The van der Waals surface area contributed by atoms with E-state index in [-0.39, 0.29) is 0 Å². The molecular formula is C28H27NO7. The molecule has 0 bridgehead atoms. The Morgan fingerprint density at radius 1 is 0.806 bits per heavy atom. The van der Waals surface area contributed by atoms with Crippen molar-refractivity contribution in [2.24, 2.45) is 5.92 Å². The van der Waals surface area contributed by atoms with E-state index in [1.165, 1.54) is 26.2 Å². The van der Waals surface area contributed by atoms with Crippen molar-refractivity contribution in [2.45, 2.75) is 13.0 Å². The molecule has 2 atom stereocenters. The minimum Gasteiger partial charge on any atom is -0.497 e. The van der Waals surface area contributed by atoms with Gasteiger partial charge < -0.3 is 18.9 Å². The highest BCUT2D eigenvalue weighted by Crippen LogP contribution is 2.43. The predicted octanol–water partition coefficient (Wildman–Crippen LogP) is 4.27. The molecule has 0 saturated carbocycles. The third-order valence-electron chi connectivity index (χ3n) is 6.14. The molecule has 8 nitrogen and oxygen atoms in total. The Bertz CT molecular complexity index is 1270. The fourth-order valence-corrected chi connectivity index (χ4v) is 4.39. The van der Waals surface area contributed by atoms with E-state index in [1.807, 2.05) is 6.92 Å². The zero-order valence-corrected chi connectivity index (χ0v) is 20.5. The van der Waals surface area contributed by atoms with Crippen LogP contribution in [0.1, 0.15) is 28.9 Å². The van der Waals surface area contributed by atoms with Gasteiger partial charge >= 0.3 is 0 Å². The Morgan fingerprint density at radius 3 is 2.03 bits per heavy atom. The number of Topliss-reactive ketones (excluding diaryl/α,β-unsaturated/α-hetero) is 2. The summed E-state index contributed by atoms with van der Waals surface area (Å²) < 4.78 is 21.5. The number of ether oxygens (including phenoxy) is 4. The van der Waals surface area contributed by atoms with Gasteiger partial charge in [0.05, 0.1) is 34.0 Å². The van der Waals surface area contributed by atoms with Gasteiger partial charge in [0.1, 0.15) is 17.4 Å². The van der Waals surface area contributed by atoms with Crippen molar-refractivity contribution >= 4 is 23.2 Å². The number of ketones is 2. The van der Waals surface area contributed by atoms with E-state index >= 15 is 0 Å². The summed E-state index contributed by atoms with van der Waals surface area (Å²) in [5, 5.41) is 0. The van der Waals surface area contributed by atoms with Gasteiger partial charge in [0.25, 0.3) is 5.91 Å². The maximum absolute atomic E-state index is 13.7. The Hall–Kier alpha value is -4.33. The molecule has 1 aliphatic heterocycles. The van der Waals surface area contributed by atoms with E-state index in [9.17, 15) is 14.4 Å². The lowest BCUT2D eigenvalue weighted by Crippen LogP contribution is -2.30. The SMILES string of the molecule is CCOc1ccc(C(=O)C2C(=O)C(=O)N(c3ccc(OC)cc3)C2c2ccc(OC)c(OC)c2)cc1. The molecule has 4 rings (SSSR count). The van der Waals surface area contributed by atoms with Crippen LogP contribution in [0.5, 0.6) is 23.0 Å². The van der Waals surface area contributed by atoms with Gasteiger partial charge in [-0.3, -0.25) is 19.3 Å². The number of benzene rings is 3. The lowest BCUT2D eigenvalue weighted by Gasteiger charge is -2.28. The van der Waals surface area contributed by atoms with Crippen LogP contribution in [0.25, 0.3) is 0 Å². The molecule has 1 aliphatic rings. The van der Waals surface area contributed by atoms with Gasteiger partial charge in [0, 0.05) is 11.3 Å². The summed E-state index contributed by atoms with van der Waals surface area (Å²) in [6.45, 7) is 2.35. The number of carbonyl (C=O) groups is 3. The molecule has 2 unspecified atom stereocenters. The molecule has 0 N–H and O–H groups in total. The van der Waals surface area contributed by atoms with Crippen LogP contribution in [0, 0.1) is 5.92 Å². The van der Waals surface area contributed by atoms with Crippen molar-refractivity contribution in [2.75, 3.05) is 32.8 Å². The van der Waals surface area contributed by atoms with Crippen LogP contribution >= 0.6 is 0 Å². The number of hydrogen-bond acceptors (Lipinski definition) is 7. The van der Waals surface area contributed by atoms with Gasteiger partial charge in [-0.25, -0.2) is 0 Å². The predicted molar refractivity (Wildman–Crippen MR) is 133 cm³/mol. The maximum Gasteiger partial charge on any atom is 0.295 e. The van der Waals surface area contributed by atoms with E-state index < -0.39 is 29.4 Å². The van der Waals surface area contributed by atoms with Crippen molar-refractivity contribution in [3.8, 4) is 23.0 Å². The third kappa shape index (κ3) is 4.49.